The molecule has 0 spiro atoms. The summed E-state index contributed by atoms with van der Waals surface area (Å²) < 4.78 is 13.2. The van der Waals surface area contributed by atoms with Crippen LogP contribution in [0.4, 0.5) is 4.39 Å². The Morgan fingerprint density at radius 1 is 1.26 bits per heavy atom. The molecule has 0 saturated heterocycles. The predicted molar refractivity (Wildman–Crippen MR) is 74.8 cm³/mol. The average molecular weight is 280 g/mol. The van der Waals surface area contributed by atoms with Gasteiger partial charge in [-0.05, 0) is 42.3 Å². The van der Waals surface area contributed by atoms with Gasteiger partial charge in [0.25, 0.3) is 0 Å². The van der Waals surface area contributed by atoms with Gasteiger partial charge in [-0.25, -0.2) is 4.39 Å². The van der Waals surface area contributed by atoms with Crippen molar-refractivity contribution in [3.8, 4) is 5.75 Å². The third-order valence-corrected chi connectivity index (χ3v) is 3.21. The van der Waals surface area contributed by atoms with Crippen molar-refractivity contribution in [3.05, 3.63) is 64.4 Å². The molecule has 1 atom stereocenters. The lowest BCUT2D eigenvalue weighted by Crippen LogP contribution is -2.18. The van der Waals surface area contributed by atoms with Gasteiger partial charge in [0.2, 0.25) is 0 Å². The van der Waals surface area contributed by atoms with Gasteiger partial charge in [-0.15, -0.1) is 0 Å². The van der Waals surface area contributed by atoms with Crippen molar-refractivity contribution >= 4 is 11.6 Å². The van der Waals surface area contributed by atoms with Crippen LogP contribution in [0.3, 0.4) is 0 Å². The van der Waals surface area contributed by atoms with Crippen LogP contribution in [-0.4, -0.2) is 5.11 Å². The van der Waals surface area contributed by atoms with Crippen LogP contribution in [-0.2, 0) is 6.54 Å². The molecule has 0 aliphatic rings. The number of hydrogen-bond acceptors (Lipinski definition) is 2. The van der Waals surface area contributed by atoms with Gasteiger partial charge in [-0.3, -0.25) is 0 Å². The van der Waals surface area contributed by atoms with E-state index in [9.17, 15) is 4.39 Å². The second-order valence-corrected chi connectivity index (χ2v) is 4.88. The van der Waals surface area contributed by atoms with E-state index >= 15 is 0 Å². The van der Waals surface area contributed by atoms with Gasteiger partial charge >= 0.3 is 0 Å². The van der Waals surface area contributed by atoms with Crippen LogP contribution in [0.15, 0.2) is 42.5 Å². The van der Waals surface area contributed by atoms with E-state index in [2.05, 4.69) is 5.32 Å². The van der Waals surface area contributed by atoms with Gasteiger partial charge < -0.3 is 10.4 Å². The summed E-state index contributed by atoms with van der Waals surface area (Å²) in [4.78, 5) is 0. The Balaban J connectivity index is 2.00. The first-order chi connectivity index (χ1) is 9.06. The van der Waals surface area contributed by atoms with E-state index in [0.29, 0.717) is 11.6 Å². The van der Waals surface area contributed by atoms with Crippen molar-refractivity contribution in [3.63, 3.8) is 0 Å². The van der Waals surface area contributed by atoms with E-state index in [1.54, 1.807) is 6.07 Å². The zero-order valence-electron chi connectivity index (χ0n) is 10.5. The third kappa shape index (κ3) is 3.69. The summed E-state index contributed by atoms with van der Waals surface area (Å²) in [5.74, 6) is -0.929. The van der Waals surface area contributed by atoms with Crippen LogP contribution in [0, 0.1) is 5.82 Å². The van der Waals surface area contributed by atoms with Crippen molar-refractivity contribution in [1.29, 1.82) is 0 Å². The number of aromatic hydroxyl groups is 1. The number of hydrogen-bond donors (Lipinski definition) is 2. The number of phenols is 1. The smallest absolute Gasteiger partial charge is 0.165 e. The summed E-state index contributed by atoms with van der Waals surface area (Å²) in [5.41, 5.74) is 1.86. The molecular formula is C15H15ClFNO. The highest BCUT2D eigenvalue weighted by Crippen LogP contribution is 2.19. The average Bonchev–Trinajstić information content (AvgIpc) is 2.40. The molecule has 4 heteroatoms. The van der Waals surface area contributed by atoms with E-state index in [4.69, 9.17) is 16.7 Å². The van der Waals surface area contributed by atoms with Gasteiger partial charge in [-0.2, -0.15) is 0 Å². The zero-order valence-corrected chi connectivity index (χ0v) is 11.3. The highest BCUT2D eigenvalue weighted by atomic mass is 35.5. The molecule has 2 nitrogen and oxygen atoms in total. The Bertz CT molecular complexity index is 574. The van der Waals surface area contributed by atoms with Crippen LogP contribution in [0.1, 0.15) is 24.1 Å². The molecular weight excluding hydrogens is 265 g/mol. The fourth-order valence-corrected chi connectivity index (χ4v) is 2.02. The molecule has 19 heavy (non-hydrogen) atoms. The summed E-state index contributed by atoms with van der Waals surface area (Å²) in [6.45, 7) is 2.54. The van der Waals surface area contributed by atoms with Crippen molar-refractivity contribution in [2.45, 2.75) is 19.5 Å². The molecule has 0 unspecified atom stereocenters. The second-order valence-electron chi connectivity index (χ2n) is 4.44. The molecule has 0 aromatic heterocycles. The summed E-state index contributed by atoms with van der Waals surface area (Å²) >= 11 is 5.94. The van der Waals surface area contributed by atoms with Gasteiger partial charge in [0.05, 0.1) is 0 Å². The van der Waals surface area contributed by atoms with E-state index in [0.717, 1.165) is 11.1 Å². The van der Waals surface area contributed by atoms with Crippen LogP contribution < -0.4 is 5.32 Å². The number of phenolic OH excluding ortho intramolecular Hbond substituents is 1. The standard InChI is InChI=1S/C15H15ClFNO/c1-10(12-3-2-4-13(16)8-12)18-9-11-5-6-15(19)14(17)7-11/h2-8,10,18-19H,9H2,1H3/t10-/m0/s1. The van der Waals surface area contributed by atoms with Crippen LogP contribution in [0.5, 0.6) is 5.75 Å². The van der Waals surface area contributed by atoms with Crippen LogP contribution in [0.2, 0.25) is 5.02 Å². The molecule has 0 heterocycles. The molecule has 0 amide bonds. The number of halogens is 2. The van der Waals surface area contributed by atoms with Crippen molar-refractivity contribution in [2.24, 2.45) is 0 Å². The third-order valence-electron chi connectivity index (χ3n) is 2.97. The summed E-state index contributed by atoms with van der Waals surface area (Å²) in [7, 11) is 0. The molecule has 2 aromatic rings. The normalized spacial score (nSPS) is 12.4. The van der Waals surface area contributed by atoms with Crippen molar-refractivity contribution in [1.82, 2.24) is 5.32 Å². The maximum absolute atomic E-state index is 13.2. The summed E-state index contributed by atoms with van der Waals surface area (Å²) in [6.07, 6.45) is 0. The Kier molecular flexibility index (Phi) is 4.40. The SMILES string of the molecule is C[C@H](NCc1ccc(O)c(F)c1)c1cccc(Cl)c1. The molecule has 2 aromatic carbocycles. The molecule has 0 radical (unpaired) electrons. The first kappa shape index (κ1) is 13.8. The number of rotatable bonds is 4. The minimum absolute atomic E-state index is 0.107. The molecule has 0 aliphatic heterocycles. The van der Waals surface area contributed by atoms with Gasteiger partial charge in [0, 0.05) is 17.6 Å². The largest absolute Gasteiger partial charge is 0.505 e. The van der Waals surface area contributed by atoms with E-state index in [1.165, 1.54) is 12.1 Å². The first-order valence-corrected chi connectivity index (χ1v) is 6.40. The van der Waals surface area contributed by atoms with Crippen LogP contribution in [0.25, 0.3) is 0 Å². The number of benzene rings is 2. The fourth-order valence-electron chi connectivity index (χ4n) is 1.83. The Morgan fingerprint density at radius 2 is 2.05 bits per heavy atom. The molecule has 100 valence electrons. The highest BCUT2D eigenvalue weighted by molar-refractivity contribution is 6.30. The maximum Gasteiger partial charge on any atom is 0.165 e. The van der Waals surface area contributed by atoms with Crippen molar-refractivity contribution in [2.75, 3.05) is 0 Å². The maximum atomic E-state index is 13.2. The lowest BCUT2D eigenvalue weighted by atomic mass is 10.1. The van der Waals surface area contributed by atoms with E-state index in [1.807, 2.05) is 31.2 Å². The summed E-state index contributed by atoms with van der Waals surface area (Å²) in [6, 6.07) is 12.1. The zero-order chi connectivity index (χ0) is 13.8. The number of nitrogens with one attached hydrogen (secondary N) is 1. The van der Waals surface area contributed by atoms with E-state index in [-0.39, 0.29) is 11.8 Å². The minimum atomic E-state index is -0.602. The molecule has 0 aliphatic carbocycles. The molecule has 2 N–H and O–H groups in total. The minimum Gasteiger partial charge on any atom is -0.505 e. The predicted octanol–water partition coefficient (Wildman–Crippen LogP) is 4.04. The topological polar surface area (TPSA) is 32.3 Å². The van der Waals surface area contributed by atoms with Crippen LogP contribution >= 0.6 is 11.6 Å². The molecule has 0 bridgehead atoms. The Morgan fingerprint density at radius 3 is 2.74 bits per heavy atom. The van der Waals surface area contributed by atoms with Gasteiger partial charge in [0.1, 0.15) is 0 Å². The monoisotopic (exact) mass is 279 g/mol. The Labute approximate surface area is 116 Å². The van der Waals surface area contributed by atoms with Crippen molar-refractivity contribution < 1.29 is 9.50 Å². The lowest BCUT2D eigenvalue weighted by Gasteiger charge is -2.14. The van der Waals surface area contributed by atoms with Gasteiger partial charge in [-0.1, -0.05) is 29.8 Å². The molecule has 0 saturated carbocycles. The Hall–Kier alpha value is -1.58. The quantitative estimate of drug-likeness (QED) is 0.885. The van der Waals surface area contributed by atoms with E-state index < -0.39 is 5.82 Å². The highest BCUT2D eigenvalue weighted by Gasteiger charge is 2.06. The first-order valence-electron chi connectivity index (χ1n) is 6.02. The molecule has 0 fully saturated rings. The fraction of sp³-hybridized carbons (Fsp3) is 0.200. The molecule has 2 rings (SSSR count). The summed E-state index contributed by atoms with van der Waals surface area (Å²) in [5, 5.41) is 13.1. The second kappa shape index (κ2) is 6.04. The van der Waals surface area contributed by atoms with Gasteiger partial charge in [0.15, 0.2) is 11.6 Å². The lowest BCUT2D eigenvalue weighted by molar-refractivity contribution is 0.431.